The van der Waals surface area contributed by atoms with Gasteiger partial charge in [0.2, 0.25) is 0 Å². The maximum Gasteiger partial charge on any atom is 0.255 e. The lowest BCUT2D eigenvalue weighted by Gasteiger charge is -2.34. The number of thioether (sulfide) groups is 1. The zero-order valence-corrected chi connectivity index (χ0v) is 15.5. The lowest BCUT2D eigenvalue weighted by Crippen LogP contribution is -2.45. The fraction of sp³-hybridized carbons (Fsp3) is 0.350. The number of carbonyl (C=O) groups is 1. The molecule has 0 saturated carbocycles. The third-order valence-electron chi connectivity index (χ3n) is 4.51. The van der Waals surface area contributed by atoms with Crippen molar-refractivity contribution in [3.63, 3.8) is 0 Å². The fourth-order valence-electron chi connectivity index (χ4n) is 3.19. The summed E-state index contributed by atoms with van der Waals surface area (Å²) >= 11 is 1.62. The van der Waals surface area contributed by atoms with Crippen LogP contribution in [0.3, 0.4) is 0 Å². The number of benzene rings is 2. The lowest BCUT2D eigenvalue weighted by molar-refractivity contribution is 0.0711. The van der Waals surface area contributed by atoms with Crippen LogP contribution in [0.25, 0.3) is 0 Å². The third-order valence-corrected chi connectivity index (χ3v) is 5.30. The molecule has 0 radical (unpaired) electrons. The molecule has 0 spiro atoms. The molecule has 1 saturated heterocycles. The van der Waals surface area contributed by atoms with Crippen LogP contribution in [0.4, 0.5) is 5.69 Å². The molecule has 1 heterocycles. The summed E-state index contributed by atoms with van der Waals surface area (Å²) in [7, 11) is 1.67. The minimum Gasteiger partial charge on any atom is -0.497 e. The number of methoxy groups -OCH3 is 1. The Labute approximate surface area is 153 Å². The van der Waals surface area contributed by atoms with Crippen molar-refractivity contribution in [1.82, 2.24) is 4.90 Å². The van der Waals surface area contributed by atoms with Gasteiger partial charge in [0, 0.05) is 29.7 Å². The molecule has 0 aromatic heterocycles. The second kappa shape index (κ2) is 8.30. The highest BCUT2D eigenvalue weighted by atomic mass is 32.2. The van der Waals surface area contributed by atoms with Gasteiger partial charge in [0.05, 0.1) is 12.7 Å². The van der Waals surface area contributed by atoms with E-state index in [4.69, 9.17) is 4.74 Å². The topological polar surface area (TPSA) is 41.6 Å². The molecule has 2 aromatic rings. The van der Waals surface area contributed by atoms with Gasteiger partial charge >= 0.3 is 0 Å². The highest BCUT2D eigenvalue weighted by Gasteiger charge is 2.25. The smallest absolute Gasteiger partial charge is 0.255 e. The number of hydrogen-bond donors (Lipinski definition) is 1. The molecule has 1 aliphatic rings. The summed E-state index contributed by atoms with van der Waals surface area (Å²) in [6, 6.07) is 16.0. The van der Waals surface area contributed by atoms with Crippen LogP contribution in [-0.2, 0) is 0 Å². The van der Waals surface area contributed by atoms with Crippen molar-refractivity contribution in [2.45, 2.75) is 23.8 Å². The van der Waals surface area contributed by atoms with Crippen molar-refractivity contribution < 1.29 is 9.53 Å². The molecule has 3 rings (SSSR count). The average molecular weight is 356 g/mol. The zero-order valence-electron chi connectivity index (χ0n) is 14.7. The maximum absolute atomic E-state index is 12.9. The number of rotatable bonds is 5. The molecule has 0 aliphatic carbocycles. The quantitative estimate of drug-likeness (QED) is 0.818. The van der Waals surface area contributed by atoms with Crippen molar-refractivity contribution in [2.24, 2.45) is 0 Å². The molecule has 0 unspecified atom stereocenters. The van der Waals surface area contributed by atoms with E-state index in [0.29, 0.717) is 0 Å². The van der Waals surface area contributed by atoms with Gasteiger partial charge in [0.1, 0.15) is 5.75 Å². The van der Waals surface area contributed by atoms with Gasteiger partial charge in [-0.05, 0) is 55.5 Å². The Balaban J connectivity index is 1.66. The zero-order chi connectivity index (χ0) is 17.6. The van der Waals surface area contributed by atoms with Crippen LogP contribution >= 0.6 is 11.8 Å². The van der Waals surface area contributed by atoms with Gasteiger partial charge in [-0.15, -0.1) is 11.8 Å². The predicted octanol–water partition coefficient (Wildman–Crippen LogP) is 4.13. The standard InChI is InChI=1S/C20H24N2O2S/c1-24-17-11-9-15(10-12-17)21-16-6-5-13-22(14-16)20(23)18-7-3-4-8-19(18)25-2/h3-4,7-12,16,21H,5-6,13-14H2,1-2H3/t16-/m1/s1. The molecule has 1 atom stereocenters. The Bertz CT molecular complexity index is 718. The summed E-state index contributed by atoms with van der Waals surface area (Å²) in [5.74, 6) is 0.978. The monoisotopic (exact) mass is 356 g/mol. The van der Waals surface area contributed by atoms with Gasteiger partial charge < -0.3 is 15.0 Å². The van der Waals surface area contributed by atoms with Crippen LogP contribution in [0.15, 0.2) is 53.4 Å². The van der Waals surface area contributed by atoms with E-state index >= 15 is 0 Å². The molecular weight excluding hydrogens is 332 g/mol. The van der Waals surface area contributed by atoms with E-state index in [2.05, 4.69) is 5.32 Å². The fourth-order valence-corrected chi connectivity index (χ4v) is 3.78. The van der Waals surface area contributed by atoms with Gasteiger partial charge in [-0.25, -0.2) is 0 Å². The van der Waals surface area contributed by atoms with Crippen molar-refractivity contribution >= 4 is 23.4 Å². The second-order valence-electron chi connectivity index (χ2n) is 6.16. The summed E-state index contributed by atoms with van der Waals surface area (Å²) in [5.41, 5.74) is 1.87. The molecule has 1 amide bonds. The number of ether oxygens (including phenoxy) is 1. The largest absolute Gasteiger partial charge is 0.497 e. The normalized spacial score (nSPS) is 17.2. The first kappa shape index (κ1) is 17.7. The molecule has 25 heavy (non-hydrogen) atoms. The number of piperidine rings is 1. The Morgan fingerprint density at radius 2 is 1.96 bits per heavy atom. The second-order valence-corrected chi connectivity index (χ2v) is 7.01. The molecule has 1 N–H and O–H groups in total. The summed E-state index contributed by atoms with van der Waals surface area (Å²) in [6.07, 6.45) is 4.09. The van der Waals surface area contributed by atoms with E-state index < -0.39 is 0 Å². The van der Waals surface area contributed by atoms with Crippen molar-refractivity contribution in [3.8, 4) is 5.75 Å². The van der Waals surface area contributed by atoms with Crippen LogP contribution in [0.1, 0.15) is 23.2 Å². The minimum atomic E-state index is 0.131. The Morgan fingerprint density at radius 3 is 2.68 bits per heavy atom. The van der Waals surface area contributed by atoms with E-state index in [9.17, 15) is 4.79 Å². The van der Waals surface area contributed by atoms with Crippen LogP contribution in [0.2, 0.25) is 0 Å². The van der Waals surface area contributed by atoms with Crippen LogP contribution in [-0.4, -0.2) is 43.3 Å². The van der Waals surface area contributed by atoms with Crippen molar-refractivity contribution in [2.75, 3.05) is 31.8 Å². The van der Waals surface area contributed by atoms with Crippen molar-refractivity contribution in [3.05, 3.63) is 54.1 Å². The lowest BCUT2D eigenvalue weighted by atomic mass is 10.0. The summed E-state index contributed by atoms with van der Waals surface area (Å²) in [5, 5.41) is 3.54. The minimum absolute atomic E-state index is 0.131. The highest BCUT2D eigenvalue weighted by molar-refractivity contribution is 7.98. The Morgan fingerprint density at radius 1 is 1.20 bits per heavy atom. The number of nitrogens with zero attached hydrogens (tertiary/aromatic N) is 1. The predicted molar refractivity (Wildman–Crippen MR) is 104 cm³/mol. The van der Waals surface area contributed by atoms with Crippen LogP contribution < -0.4 is 10.1 Å². The number of amides is 1. The molecule has 0 bridgehead atoms. The number of anilines is 1. The summed E-state index contributed by atoms with van der Waals surface area (Å²) < 4.78 is 5.20. The van der Waals surface area contributed by atoms with E-state index in [-0.39, 0.29) is 11.9 Å². The van der Waals surface area contributed by atoms with Crippen LogP contribution in [0.5, 0.6) is 5.75 Å². The Hall–Kier alpha value is -2.14. The molecule has 5 heteroatoms. The Kier molecular flexibility index (Phi) is 5.87. The number of hydrogen-bond acceptors (Lipinski definition) is 4. The first-order valence-corrected chi connectivity index (χ1v) is 9.76. The molecular formula is C20H24N2O2S. The van der Waals surface area contributed by atoms with E-state index in [1.807, 2.05) is 59.7 Å². The molecule has 1 aliphatic heterocycles. The first-order valence-electron chi connectivity index (χ1n) is 8.54. The summed E-state index contributed by atoms with van der Waals surface area (Å²) in [4.78, 5) is 15.9. The maximum atomic E-state index is 12.9. The molecule has 4 nitrogen and oxygen atoms in total. The molecule has 2 aromatic carbocycles. The van der Waals surface area contributed by atoms with E-state index in [1.165, 1.54) is 0 Å². The van der Waals surface area contributed by atoms with E-state index in [0.717, 1.165) is 47.8 Å². The first-order chi connectivity index (χ1) is 12.2. The highest BCUT2D eigenvalue weighted by Crippen LogP contribution is 2.24. The van der Waals surface area contributed by atoms with Crippen molar-refractivity contribution in [1.29, 1.82) is 0 Å². The number of carbonyl (C=O) groups excluding carboxylic acids is 1. The molecule has 1 fully saturated rings. The average Bonchev–Trinajstić information content (AvgIpc) is 2.68. The number of nitrogens with one attached hydrogen (secondary N) is 1. The van der Waals surface area contributed by atoms with Crippen LogP contribution in [0, 0.1) is 0 Å². The van der Waals surface area contributed by atoms with E-state index in [1.54, 1.807) is 18.9 Å². The molecule has 132 valence electrons. The van der Waals surface area contributed by atoms with Gasteiger partial charge in [-0.2, -0.15) is 0 Å². The number of likely N-dealkylation sites (tertiary alicyclic amines) is 1. The van der Waals surface area contributed by atoms with Gasteiger partial charge in [0.25, 0.3) is 5.91 Å². The van der Waals surface area contributed by atoms with Gasteiger partial charge in [-0.1, -0.05) is 12.1 Å². The SMILES string of the molecule is COc1ccc(N[C@@H]2CCCN(C(=O)c3ccccc3SC)C2)cc1. The summed E-state index contributed by atoms with van der Waals surface area (Å²) in [6.45, 7) is 1.55. The van der Waals surface area contributed by atoms with Gasteiger partial charge in [-0.3, -0.25) is 4.79 Å². The van der Waals surface area contributed by atoms with Gasteiger partial charge in [0.15, 0.2) is 0 Å². The third kappa shape index (κ3) is 4.28.